The van der Waals surface area contributed by atoms with Gasteiger partial charge in [0.25, 0.3) is 0 Å². The third-order valence-electron chi connectivity index (χ3n) is 2.85. The van der Waals surface area contributed by atoms with Crippen LogP contribution in [0.4, 0.5) is 8.78 Å². The number of carbonyl (C=O) groups is 1. The Labute approximate surface area is 111 Å². The van der Waals surface area contributed by atoms with Crippen LogP contribution >= 0.6 is 0 Å². The van der Waals surface area contributed by atoms with Crippen molar-refractivity contribution < 1.29 is 18.7 Å². The van der Waals surface area contributed by atoms with Gasteiger partial charge in [-0.15, -0.1) is 10.2 Å². The summed E-state index contributed by atoms with van der Waals surface area (Å²) >= 11 is 0. The number of aromatic nitrogens is 3. The van der Waals surface area contributed by atoms with Crippen molar-refractivity contribution in [3.05, 3.63) is 53.7 Å². The van der Waals surface area contributed by atoms with Gasteiger partial charge in [0.05, 0.1) is 5.56 Å². The monoisotopic (exact) mass is 275 g/mol. The molecule has 0 aliphatic heterocycles. The van der Waals surface area contributed by atoms with Gasteiger partial charge in [-0.25, -0.2) is 13.6 Å². The zero-order chi connectivity index (χ0) is 14.3. The molecule has 0 atom stereocenters. The Balaban J connectivity index is 2.34. The Hall–Kier alpha value is -2.83. The van der Waals surface area contributed by atoms with E-state index in [-0.39, 0.29) is 17.0 Å². The van der Waals surface area contributed by atoms with Gasteiger partial charge < -0.3 is 5.11 Å². The summed E-state index contributed by atoms with van der Waals surface area (Å²) in [5.41, 5.74) is 0.0701. The van der Waals surface area contributed by atoms with E-state index in [0.29, 0.717) is 11.7 Å². The molecular weight excluding hydrogens is 268 g/mol. The molecule has 5 nitrogen and oxygen atoms in total. The summed E-state index contributed by atoms with van der Waals surface area (Å²) in [4.78, 5) is 11.2. The maximum atomic E-state index is 13.4. The van der Waals surface area contributed by atoms with E-state index in [1.807, 2.05) is 0 Å². The van der Waals surface area contributed by atoms with Crippen molar-refractivity contribution in [1.82, 2.24) is 14.6 Å². The molecular formula is C13H7F2N3O2. The number of carboxylic acid groups (broad SMARTS) is 1. The van der Waals surface area contributed by atoms with Gasteiger partial charge in [0.2, 0.25) is 0 Å². The highest BCUT2D eigenvalue weighted by Gasteiger charge is 2.20. The molecule has 2 heterocycles. The van der Waals surface area contributed by atoms with E-state index in [9.17, 15) is 13.6 Å². The van der Waals surface area contributed by atoms with Gasteiger partial charge >= 0.3 is 5.97 Å². The summed E-state index contributed by atoms with van der Waals surface area (Å²) in [6, 6.07) is 6.54. The molecule has 0 bridgehead atoms. The predicted octanol–water partition coefficient (Wildman–Crippen LogP) is 2.37. The Kier molecular flexibility index (Phi) is 2.67. The Morgan fingerprint density at radius 3 is 2.65 bits per heavy atom. The van der Waals surface area contributed by atoms with E-state index in [1.54, 1.807) is 24.4 Å². The van der Waals surface area contributed by atoms with Crippen LogP contribution in [0.5, 0.6) is 0 Å². The SMILES string of the molecule is O=C(O)c1cc(F)c(F)cc1-c1nnc2ccccn12. The lowest BCUT2D eigenvalue weighted by atomic mass is 10.1. The minimum absolute atomic E-state index is 0.0323. The molecule has 1 N–H and O–H groups in total. The van der Waals surface area contributed by atoms with Crippen LogP contribution in [0.2, 0.25) is 0 Å². The molecule has 1 aromatic carbocycles. The van der Waals surface area contributed by atoms with Crippen molar-refractivity contribution in [2.75, 3.05) is 0 Å². The lowest BCUT2D eigenvalue weighted by Gasteiger charge is -2.05. The Morgan fingerprint density at radius 2 is 1.90 bits per heavy atom. The van der Waals surface area contributed by atoms with Crippen molar-refractivity contribution in [1.29, 1.82) is 0 Å². The number of fused-ring (bicyclic) bond motifs is 1. The first-order chi connectivity index (χ1) is 9.58. The largest absolute Gasteiger partial charge is 0.478 e. The van der Waals surface area contributed by atoms with E-state index < -0.39 is 17.6 Å². The van der Waals surface area contributed by atoms with Crippen LogP contribution in [0.15, 0.2) is 36.5 Å². The number of rotatable bonds is 2. The highest BCUT2D eigenvalue weighted by Crippen LogP contribution is 2.25. The number of benzene rings is 1. The molecule has 0 saturated heterocycles. The fourth-order valence-electron chi connectivity index (χ4n) is 1.93. The van der Waals surface area contributed by atoms with Crippen molar-refractivity contribution in [3.63, 3.8) is 0 Å². The minimum atomic E-state index is -1.37. The zero-order valence-electron chi connectivity index (χ0n) is 9.92. The van der Waals surface area contributed by atoms with Crippen molar-refractivity contribution in [3.8, 4) is 11.4 Å². The molecule has 100 valence electrons. The first-order valence-electron chi connectivity index (χ1n) is 5.60. The van der Waals surface area contributed by atoms with Crippen molar-refractivity contribution in [2.45, 2.75) is 0 Å². The van der Waals surface area contributed by atoms with E-state index in [1.165, 1.54) is 4.40 Å². The minimum Gasteiger partial charge on any atom is -0.478 e. The third kappa shape index (κ3) is 1.80. The number of pyridine rings is 1. The molecule has 0 aliphatic rings. The van der Waals surface area contributed by atoms with Gasteiger partial charge in [-0.2, -0.15) is 0 Å². The summed E-state index contributed by atoms with van der Waals surface area (Å²) in [7, 11) is 0. The molecule has 20 heavy (non-hydrogen) atoms. The van der Waals surface area contributed by atoms with Crippen LogP contribution in [0.1, 0.15) is 10.4 Å². The van der Waals surface area contributed by atoms with Crippen LogP contribution in [0.3, 0.4) is 0 Å². The normalized spacial score (nSPS) is 10.9. The summed E-state index contributed by atoms with van der Waals surface area (Å²) < 4.78 is 28.1. The van der Waals surface area contributed by atoms with Crippen LogP contribution in [0, 0.1) is 11.6 Å². The van der Waals surface area contributed by atoms with E-state index in [4.69, 9.17) is 5.11 Å². The topological polar surface area (TPSA) is 67.5 Å². The summed E-state index contributed by atoms with van der Waals surface area (Å²) in [6.45, 7) is 0. The number of nitrogens with zero attached hydrogens (tertiary/aromatic N) is 3. The number of hydrogen-bond acceptors (Lipinski definition) is 3. The average Bonchev–Trinajstić information content (AvgIpc) is 2.85. The lowest BCUT2D eigenvalue weighted by molar-refractivity contribution is 0.0697. The second-order valence-corrected chi connectivity index (χ2v) is 4.07. The predicted molar refractivity (Wildman–Crippen MR) is 65.3 cm³/mol. The number of carboxylic acids is 1. The highest BCUT2D eigenvalue weighted by molar-refractivity contribution is 5.95. The smallest absolute Gasteiger partial charge is 0.336 e. The molecule has 0 aliphatic carbocycles. The second-order valence-electron chi connectivity index (χ2n) is 4.07. The summed E-state index contributed by atoms with van der Waals surface area (Å²) in [5.74, 6) is -3.60. The molecule has 0 spiro atoms. The van der Waals surface area contributed by atoms with Crippen molar-refractivity contribution >= 4 is 11.6 Å². The molecule has 0 saturated carbocycles. The maximum absolute atomic E-state index is 13.4. The fraction of sp³-hybridized carbons (Fsp3) is 0. The van der Waals surface area contributed by atoms with Gasteiger partial charge in [0.1, 0.15) is 0 Å². The Morgan fingerprint density at radius 1 is 1.15 bits per heavy atom. The first-order valence-corrected chi connectivity index (χ1v) is 5.60. The van der Waals surface area contributed by atoms with Crippen LogP contribution in [-0.2, 0) is 0 Å². The van der Waals surface area contributed by atoms with E-state index in [0.717, 1.165) is 6.07 Å². The molecule has 0 fully saturated rings. The molecule has 0 amide bonds. The Bertz CT molecular complexity index is 830. The number of hydrogen-bond donors (Lipinski definition) is 1. The quantitative estimate of drug-likeness (QED) is 0.779. The fourth-order valence-corrected chi connectivity index (χ4v) is 1.93. The number of aromatic carboxylic acids is 1. The molecule has 2 aromatic heterocycles. The standard InChI is InChI=1S/C13H7F2N3O2/c14-9-5-7(8(13(19)20)6-10(9)15)12-17-16-11-3-1-2-4-18(11)12/h1-6H,(H,19,20). The second kappa shape index (κ2) is 4.37. The van der Waals surface area contributed by atoms with Gasteiger partial charge in [0.15, 0.2) is 23.1 Å². The number of halogens is 2. The van der Waals surface area contributed by atoms with Crippen LogP contribution in [-0.4, -0.2) is 25.7 Å². The summed E-state index contributed by atoms with van der Waals surface area (Å²) in [6.07, 6.45) is 1.61. The van der Waals surface area contributed by atoms with E-state index in [2.05, 4.69) is 10.2 Å². The summed E-state index contributed by atoms with van der Waals surface area (Å²) in [5, 5.41) is 16.8. The first kappa shape index (κ1) is 12.2. The van der Waals surface area contributed by atoms with Crippen molar-refractivity contribution in [2.24, 2.45) is 0 Å². The van der Waals surface area contributed by atoms with Gasteiger partial charge in [-0.05, 0) is 24.3 Å². The molecule has 7 heteroatoms. The lowest BCUT2D eigenvalue weighted by Crippen LogP contribution is -2.04. The van der Waals surface area contributed by atoms with E-state index >= 15 is 0 Å². The van der Waals surface area contributed by atoms with Crippen LogP contribution in [0.25, 0.3) is 17.0 Å². The third-order valence-corrected chi connectivity index (χ3v) is 2.85. The maximum Gasteiger partial charge on any atom is 0.336 e. The van der Waals surface area contributed by atoms with Gasteiger partial charge in [-0.1, -0.05) is 6.07 Å². The molecule has 3 rings (SSSR count). The zero-order valence-corrected chi connectivity index (χ0v) is 9.92. The van der Waals surface area contributed by atoms with Crippen LogP contribution < -0.4 is 0 Å². The molecule has 3 aromatic rings. The highest BCUT2D eigenvalue weighted by atomic mass is 19.2. The van der Waals surface area contributed by atoms with Gasteiger partial charge in [-0.3, -0.25) is 4.40 Å². The average molecular weight is 275 g/mol. The van der Waals surface area contributed by atoms with Gasteiger partial charge in [0, 0.05) is 11.8 Å². The molecule has 0 radical (unpaired) electrons. The molecule has 0 unspecified atom stereocenters.